The van der Waals surface area contributed by atoms with Crippen molar-refractivity contribution in [2.75, 3.05) is 17.3 Å². The van der Waals surface area contributed by atoms with Crippen LogP contribution in [0.25, 0.3) is 5.65 Å². The molecule has 1 N–H and O–H groups in total. The SMILES string of the molecule is CN(C=O)c1cc(NCc2cn3cc(C4CC4)ccc3n2)ncn1. The first-order chi connectivity index (χ1) is 11.7. The molecule has 1 amide bonds. The highest BCUT2D eigenvalue weighted by atomic mass is 16.1. The highest BCUT2D eigenvalue weighted by Crippen LogP contribution is 2.39. The maximum atomic E-state index is 10.8. The Labute approximate surface area is 139 Å². The fourth-order valence-corrected chi connectivity index (χ4v) is 2.68. The first-order valence-corrected chi connectivity index (χ1v) is 7.94. The van der Waals surface area contributed by atoms with Crippen molar-refractivity contribution in [1.82, 2.24) is 19.4 Å². The minimum atomic E-state index is 0.548. The van der Waals surface area contributed by atoms with E-state index in [-0.39, 0.29) is 0 Å². The van der Waals surface area contributed by atoms with Crippen LogP contribution >= 0.6 is 0 Å². The van der Waals surface area contributed by atoms with Crippen LogP contribution in [0.2, 0.25) is 0 Å². The third-order valence-corrected chi connectivity index (χ3v) is 4.20. The molecule has 3 aromatic rings. The van der Waals surface area contributed by atoms with E-state index in [9.17, 15) is 4.79 Å². The summed E-state index contributed by atoms with van der Waals surface area (Å²) in [6.07, 6.45) is 8.94. The highest BCUT2D eigenvalue weighted by molar-refractivity contribution is 5.72. The van der Waals surface area contributed by atoms with Gasteiger partial charge >= 0.3 is 0 Å². The van der Waals surface area contributed by atoms with Gasteiger partial charge in [-0.3, -0.25) is 4.79 Å². The third-order valence-electron chi connectivity index (χ3n) is 4.20. The second-order valence-electron chi connectivity index (χ2n) is 6.07. The highest BCUT2D eigenvalue weighted by Gasteiger charge is 2.23. The third kappa shape index (κ3) is 2.92. The fourth-order valence-electron chi connectivity index (χ4n) is 2.68. The largest absolute Gasteiger partial charge is 0.364 e. The second-order valence-corrected chi connectivity index (χ2v) is 6.07. The number of pyridine rings is 1. The van der Waals surface area contributed by atoms with Gasteiger partial charge in [0, 0.05) is 25.5 Å². The van der Waals surface area contributed by atoms with Gasteiger partial charge in [0.15, 0.2) is 0 Å². The summed E-state index contributed by atoms with van der Waals surface area (Å²) in [5, 5.41) is 3.22. The lowest BCUT2D eigenvalue weighted by Gasteiger charge is -2.10. The molecule has 7 heteroatoms. The summed E-state index contributed by atoms with van der Waals surface area (Å²) in [6, 6.07) is 5.97. The molecule has 122 valence electrons. The molecule has 1 saturated carbocycles. The monoisotopic (exact) mass is 322 g/mol. The van der Waals surface area contributed by atoms with Gasteiger partial charge in [-0.1, -0.05) is 6.07 Å². The van der Waals surface area contributed by atoms with E-state index in [2.05, 4.69) is 43.0 Å². The summed E-state index contributed by atoms with van der Waals surface area (Å²) < 4.78 is 2.08. The molecule has 0 aromatic carbocycles. The van der Waals surface area contributed by atoms with Crippen molar-refractivity contribution >= 4 is 23.7 Å². The van der Waals surface area contributed by atoms with Gasteiger partial charge in [0.2, 0.25) is 6.41 Å². The summed E-state index contributed by atoms with van der Waals surface area (Å²) in [6.45, 7) is 0.557. The van der Waals surface area contributed by atoms with Gasteiger partial charge < -0.3 is 14.6 Å². The number of anilines is 2. The topological polar surface area (TPSA) is 75.4 Å². The molecule has 0 spiro atoms. The van der Waals surface area contributed by atoms with Gasteiger partial charge in [-0.25, -0.2) is 15.0 Å². The van der Waals surface area contributed by atoms with E-state index in [0.717, 1.165) is 17.3 Å². The van der Waals surface area contributed by atoms with Crippen molar-refractivity contribution in [2.45, 2.75) is 25.3 Å². The van der Waals surface area contributed by atoms with Gasteiger partial charge in [-0.15, -0.1) is 0 Å². The molecular formula is C17H18N6O. The van der Waals surface area contributed by atoms with E-state index >= 15 is 0 Å². The number of hydrogen-bond acceptors (Lipinski definition) is 5. The number of nitrogens with one attached hydrogen (secondary N) is 1. The van der Waals surface area contributed by atoms with Crippen LogP contribution in [0.1, 0.15) is 30.0 Å². The van der Waals surface area contributed by atoms with Crippen LogP contribution in [0.5, 0.6) is 0 Å². The normalized spacial score (nSPS) is 13.9. The number of carbonyl (C=O) groups is 1. The number of aromatic nitrogens is 4. The first kappa shape index (κ1) is 14.6. The molecular weight excluding hydrogens is 304 g/mol. The fraction of sp³-hybridized carbons (Fsp3) is 0.294. The average Bonchev–Trinajstić information content (AvgIpc) is 3.39. The summed E-state index contributed by atoms with van der Waals surface area (Å²) in [5.74, 6) is 1.93. The Balaban J connectivity index is 1.49. The molecule has 1 aliphatic carbocycles. The van der Waals surface area contributed by atoms with Crippen LogP contribution in [0.15, 0.2) is 36.9 Å². The number of hydrogen-bond donors (Lipinski definition) is 1. The predicted octanol–water partition coefficient (Wildman–Crippen LogP) is 2.21. The van der Waals surface area contributed by atoms with E-state index < -0.39 is 0 Å². The quantitative estimate of drug-likeness (QED) is 0.704. The van der Waals surface area contributed by atoms with E-state index in [1.54, 1.807) is 13.1 Å². The number of imidazole rings is 1. The zero-order chi connectivity index (χ0) is 16.5. The lowest BCUT2D eigenvalue weighted by Crippen LogP contribution is -2.15. The van der Waals surface area contributed by atoms with Gasteiger partial charge in [0.25, 0.3) is 0 Å². The molecule has 1 aliphatic rings. The molecule has 1 fully saturated rings. The summed E-state index contributed by atoms with van der Waals surface area (Å²) >= 11 is 0. The van der Waals surface area contributed by atoms with Crippen LogP contribution in [0.3, 0.4) is 0 Å². The molecule has 0 radical (unpaired) electrons. The van der Waals surface area contributed by atoms with Crippen LogP contribution in [0.4, 0.5) is 11.6 Å². The van der Waals surface area contributed by atoms with Crippen molar-refractivity contribution in [3.05, 3.63) is 48.2 Å². The molecule has 0 unspecified atom stereocenters. The van der Waals surface area contributed by atoms with Gasteiger partial charge in [-0.2, -0.15) is 0 Å². The van der Waals surface area contributed by atoms with Crippen LogP contribution in [-0.4, -0.2) is 32.8 Å². The zero-order valence-corrected chi connectivity index (χ0v) is 13.4. The standard InChI is InChI=1S/C17H18N6O/c1-22(11-24)17-6-15(19-10-20-17)18-7-14-9-23-8-13(12-2-3-12)4-5-16(23)21-14/h4-6,8-12H,2-3,7H2,1H3,(H,18,19,20). The molecule has 7 nitrogen and oxygen atoms in total. The number of amides is 1. The van der Waals surface area contributed by atoms with Gasteiger partial charge in [0.1, 0.15) is 23.6 Å². The van der Waals surface area contributed by atoms with Crippen molar-refractivity contribution in [3.63, 3.8) is 0 Å². The van der Waals surface area contributed by atoms with E-state index in [1.165, 1.54) is 29.6 Å². The smallest absolute Gasteiger partial charge is 0.215 e. The molecule has 0 atom stereocenters. The predicted molar refractivity (Wildman–Crippen MR) is 91.0 cm³/mol. The zero-order valence-electron chi connectivity index (χ0n) is 13.4. The Morgan fingerprint density at radius 3 is 3.00 bits per heavy atom. The Hall–Kier alpha value is -2.96. The molecule has 0 saturated heterocycles. The maximum Gasteiger partial charge on any atom is 0.215 e. The van der Waals surface area contributed by atoms with Crippen LogP contribution in [0, 0.1) is 0 Å². The van der Waals surface area contributed by atoms with Gasteiger partial charge in [0.05, 0.1) is 12.2 Å². The minimum Gasteiger partial charge on any atom is -0.364 e. The second kappa shape index (κ2) is 5.92. The Kier molecular flexibility index (Phi) is 3.60. The van der Waals surface area contributed by atoms with Crippen LogP contribution in [-0.2, 0) is 11.3 Å². The summed E-state index contributed by atoms with van der Waals surface area (Å²) in [7, 11) is 1.65. The molecule has 24 heavy (non-hydrogen) atoms. The minimum absolute atomic E-state index is 0.548. The average molecular weight is 322 g/mol. The maximum absolute atomic E-state index is 10.8. The Bertz CT molecular complexity index is 886. The van der Waals surface area contributed by atoms with Crippen molar-refractivity contribution in [2.24, 2.45) is 0 Å². The number of nitrogens with zero attached hydrogens (tertiary/aromatic N) is 5. The van der Waals surface area contributed by atoms with E-state index in [4.69, 9.17) is 0 Å². The molecule has 0 bridgehead atoms. The number of carbonyl (C=O) groups excluding carboxylic acids is 1. The van der Waals surface area contributed by atoms with Crippen molar-refractivity contribution in [3.8, 4) is 0 Å². The molecule has 0 aliphatic heterocycles. The van der Waals surface area contributed by atoms with Crippen molar-refractivity contribution < 1.29 is 4.79 Å². The van der Waals surface area contributed by atoms with Crippen LogP contribution < -0.4 is 10.2 Å². The van der Waals surface area contributed by atoms with E-state index in [1.807, 2.05) is 6.20 Å². The van der Waals surface area contributed by atoms with E-state index in [0.29, 0.717) is 24.6 Å². The molecule has 3 heterocycles. The van der Waals surface area contributed by atoms with Crippen molar-refractivity contribution in [1.29, 1.82) is 0 Å². The summed E-state index contributed by atoms with van der Waals surface area (Å²) in [4.78, 5) is 25.0. The Morgan fingerprint density at radius 1 is 1.33 bits per heavy atom. The number of fused-ring (bicyclic) bond motifs is 1. The lowest BCUT2D eigenvalue weighted by molar-refractivity contribution is -0.107. The molecule has 3 aromatic heterocycles. The lowest BCUT2D eigenvalue weighted by atomic mass is 10.2. The molecule has 4 rings (SSSR count). The van der Waals surface area contributed by atoms with Gasteiger partial charge in [-0.05, 0) is 30.4 Å². The first-order valence-electron chi connectivity index (χ1n) is 7.94. The number of rotatable bonds is 6. The Morgan fingerprint density at radius 2 is 2.21 bits per heavy atom. The summed E-state index contributed by atoms with van der Waals surface area (Å²) in [5.41, 5.74) is 3.27.